The lowest BCUT2D eigenvalue weighted by atomic mass is 9.72. The molecule has 0 bridgehead atoms. The van der Waals surface area contributed by atoms with Crippen LogP contribution in [-0.2, 0) is 6.42 Å². The highest BCUT2D eigenvalue weighted by Gasteiger charge is 2.29. The molecule has 2 atom stereocenters. The topological polar surface area (TPSA) is 20.2 Å². The second kappa shape index (κ2) is 5.37. The highest BCUT2D eigenvalue weighted by atomic mass is 16.3. The molecule has 0 heterocycles. The van der Waals surface area contributed by atoms with Crippen molar-refractivity contribution in [1.82, 2.24) is 0 Å². The molecule has 0 fully saturated rings. The fourth-order valence-electron chi connectivity index (χ4n) is 4.17. The predicted octanol–water partition coefficient (Wildman–Crippen LogP) is 4.60. The molecule has 2 unspecified atom stereocenters. The van der Waals surface area contributed by atoms with Crippen LogP contribution in [0.3, 0.4) is 0 Å². The van der Waals surface area contributed by atoms with Gasteiger partial charge < -0.3 is 5.11 Å². The summed E-state index contributed by atoms with van der Waals surface area (Å²) < 4.78 is 0. The Hall–Kier alpha value is -1.08. The largest absolute Gasteiger partial charge is 0.389 e. The van der Waals surface area contributed by atoms with Gasteiger partial charge in [-0.3, -0.25) is 0 Å². The van der Waals surface area contributed by atoms with Crippen LogP contribution in [0.4, 0.5) is 0 Å². The summed E-state index contributed by atoms with van der Waals surface area (Å²) in [6.45, 7) is 4.55. The van der Waals surface area contributed by atoms with Crippen LogP contribution in [0.15, 0.2) is 35.9 Å². The second-order valence-corrected chi connectivity index (χ2v) is 7.43. The average molecular weight is 270 g/mol. The number of hydrogen-bond acceptors (Lipinski definition) is 1. The molecule has 1 N–H and O–H groups in total. The van der Waals surface area contributed by atoms with E-state index in [1.165, 1.54) is 24.8 Å². The molecular formula is C19H26O. The molecule has 1 aromatic rings. The zero-order chi connectivity index (χ0) is 14.2. The van der Waals surface area contributed by atoms with Crippen molar-refractivity contribution < 1.29 is 5.11 Å². The van der Waals surface area contributed by atoms with Crippen LogP contribution < -0.4 is 0 Å². The van der Waals surface area contributed by atoms with Crippen LogP contribution in [-0.4, -0.2) is 11.2 Å². The maximum absolute atomic E-state index is 10.1. The molecule has 0 saturated heterocycles. The van der Waals surface area contributed by atoms with Gasteiger partial charge in [-0.1, -0.05) is 49.8 Å². The lowest BCUT2D eigenvalue weighted by Gasteiger charge is -2.35. The molecule has 0 radical (unpaired) electrons. The second-order valence-electron chi connectivity index (χ2n) is 7.43. The summed E-state index contributed by atoms with van der Waals surface area (Å²) in [5.41, 5.74) is 4.81. The number of aliphatic hydroxyl groups is 1. The van der Waals surface area contributed by atoms with Crippen molar-refractivity contribution in [3.05, 3.63) is 47.0 Å². The SMILES string of the molecule is CC1(C)CC(CC2CCCc3ccccc32)=CC(O)C1. The van der Waals surface area contributed by atoms with Gasteiger partial charge in [-0.25, -0.2) is 0 Å². The van der Waals surface area contributed by atoms with E-state index in [1.54, 1.807) is 11.1 Å². The van der Waals surface area contributed by atoms with Crippen molar-refractivity contribution >= 4 is 0 Å². The molecule has 108 valence electrons. The number of benzene rings is 1. The Labute approximate surface area is 122 Å². The van der Waals surface area contributed by atoms with Gasteiger partial charge in [-0.15, -0.1) is 0 Å². The fourth-order valence-corrected chi connectivity index (χ4v) is 4.17. The molecule has 1 heteroatoms. The van der Waals surface area contributed by atoms with Gasteiger partial charge in [0.25, 0.3) is 0 Å². The van der Waals surface area contributed by atoms with Crippen molar-refractivity contribution in [2.24, 2.45) is 5.41 Å². The van der Waals surface area contributed by atoms with Gasteiger partial charge in [0.05, 0.1) is 6.10 Å². The normalized spacial score (nSPS) is 28.6. The lowest BCUT2D eigenvalue weighted by molar-refractivity contribution is 0.137. The molecular weight excluding hydrogens is 244 g/mol. The summed E-state index contributed by atoms with van der Waals surface area (Å²) in [6, 6.07) is 8.93. The molecule has 0 amide bonds. The first kappa shape index (κ1) is 13.9. The van der Waals surface area contributed by atoms with Crippen molar-refractivity contribution in [2.45, 2.75) is 64.4 Å². The molecule has 0 saturated carbocycles. The third-order valence-corrected chi connectivity index (χ3v) is 4.90. The summed E-state index contributed by atoms with van der Waals surface area (Å²) in [5, 5.41) is 10.1. The predicted molar refractivity (Wildman–Crippen MR) is 83.8 cm³/mol. The first-order valence-corrected chi connectivity index (χ1v) is 7.99. The molecule has 1 nitrogen and oxygen atoms in total. The highest BCUT2D eigenvalue weighted by Crippen LogP contribution is 2.42. The molecule has 20 heavy (non-hydrogen) atoms. The Bertz CT molecular complexity index is 512. The fraction of sp³-hybridized carbons (Fsp3) is 0.579. The smallest absolute Gasteiger partial charge is 0.0728 e. The van der Waals surface area contributed by atoms with Gasteiger partial charge in [-0.2, -0.15) is 0 Å². The van der Waals surface area contributed by atoms with E-state index in [1.807, 2.05) is 0 Å². The Morgan fingerprint density at radius 2 is 2.05 bits per heavy atom. The van der Waals surface area contributed by atoms with E-state index >= 15 is 0 Å². The van der Waals surface area contributed by atoms with Gasteiger partial charge >= 0.3 is 0 Å². The summed E-state index contributed by atoms with van der Waals surface area (Å²) in [6.07, 6.45) is 8.90. The molecule has 0 spiro atoms. The van der Waals surface area contributed by atoms with E-state index in [-0.39, 0.29) is 11.5 Å². The third-order valence-electron chi connectivity index (χ3n) is 4.90. The highest BCUT2D eigenvalue weighted by molar-refractivity contribution is 5.34. The molecule has 2 aliphatic rings. The van der Waals surface area contributed by atoms with E-state index in [4.69, 9.17) is 0 Å². The van der Waals surface area contributed by atoms with Crippen LogP contribution in [0.5, 0.6) is 0 Å². The monoisotopic (exact) mass is 270 g/mol. The third kappa shape index (κ3) is 2.98. The van der Waals surface area contributed by atoms with E-state index < -0.39 is 0 Å². The van der Waals surface area contributed by atoms with E-state index in [0.717, 1.165) is 19.3 Å². The van der Waals surface area contributed by atoms with Crippen LogP contribution in [0.1, 0.15) is 63.0 Å². The number of aliphatic hydroxyl groups excluding tert-OH is 1. The Kier molecular flexibility index (Phi) is 3.72. The van der Waals surface area contributed by atoms with E-state index in [0.29, 0.717) is 5.92 Å². The molecule has 3 rings (SSSR count). The average Bonchev–Trinajstić information content (AvgIpc) is 2.37. The summed E-state index contributed by atoms with van der Waals surface area (Å²) >= 11 is 0. The quantitative estimate of drug-likeness (QED) is 0.778. The Morgan fingerprint density at radius 1 is 1.25 bits per heavy atom. The minimum atomic E-state index is -0.243. The van der Waals surface area contributed by atoms with E-state index in [2.05, 4.69) is 44.2 Å². The number of fused-ring (bicyclic) bond motifs is 1. The maximum atomic E-state index is 10.1. The number of rotatable bonds is 2. The minimum absolute atomic E-state index is 0.243. The molecule has 1 aromatic carbocycles. The zero-order valence-corrected chi connectivity index (χ0v) is 12.7. The van der Waals surface area contributed by atoms with Crippen LogP contribution >= 0.6 is 0 Å². The first-order valence-electron chi connectivity index (χ1n) is 7.99. The number of allylic oxidation sites excluding steroid dienone is 1. The first-order chi connectivity index (χ1) is 9.53. The Balaban J connectivity index is 1.79. The van der Waals surface area contributed by atoms with Crippen LogP contribution in [0.25, 0.3) is 0 Å². The molecule has 0 aromatic heterocycles. The van der Waals surface area contributed by atoms with Crippen molar-refractivity contribution in [3.8, 4) is 0 Å². The van der Waals surface area contributed by atoms with Crippen molar-refractivity contribution in [3.63, 3.8) is 0 Å². The summed E-state index contributed by atoms with van der Waals surface area (Å²) in [4.78, 5) is 0. The maximum Gasteiger partial charge on any atom is 0.0728 e. The zero-order valence-electron chi connectivity index (χ0n) is 12.7. The lowest BCUT2D eigenvalue weighted by Crippen LogP contribution is -2.25. The van der Waals surface area contributed by atoms with Crippen LogP contribution in [0, 0.1) is 5.41 Å². The number of aryl methyl sites for hydroxylation is 1. The number of hydrogen-bond donors (Lipinski definition) is 1. The van der Waals surface area contributed by atoms with Gasteiger partial charge in [0.2, 0.25) is 0 Å². The van der Waals surface area contributed by atoms with Crippen molar-refractivity contribution in [2.75, 3.05) is 0 Å². The van der Waals surface area contributed by atoms with Gasteiger partial charge in [0, 0.05) is 0 Å². The molecule has 0 aliphatic heterocycles. The van der Waals surface area contributed by atoms with Gasteiger partial charge in [0.15, 0.2) is 0 Å². The van der Waals surface area contributed by atoms with Crippen molar-refractivity contribution in [1.29, 1.82) is 0 Å². The Morgan fingerprint density at radius 3 is 2.85 bits per heavy atom. The minimum Gasteiger partial charge on any atom is -0.389 e. The van der Waals surface area contributed by atoms with Crippen LogP contribution in [0.2, 0.25) is 0 Å². The van der Waals surface area contributed by atoms with Gasteiger partial charge in [-0.05, 0) is 61.0 Å². The van der Waals surface area contributed by atoms with Gasteiger partial charge in [0.1, 0.15) is 0 Å². The molecule has 2 aliphatic carbocycles. The summed E-state index contributed by atoms with van der Waals surface area (Å²) in [7, 11) is 0. The van der Waals surface area contributed by atoms with E-state index in [9.17, 15) is 5.11 Å². The standard InChI is InChI=1S/C19H26O/c1-19(2)12-14(11-17(20)13-19)10-16-8-5-7-15-6-3-4-9-18(15)16/h3-4,6,9,11,16-17,20H,5,7-8,10,12-13H2,1-2H3. The summed E-state index contributed by atoms with van der Waals surface area (Å²) in [5.74, 6) is 0.660.